The number of methoxy groups -OCH3 is 1. The number of aliphatic hydroxyl groups is 1. The van der Waals surface area contributed by atoms with E-state index in [1.54, 1.807) is 37.4 Å². The number of ketones is 1. The zero-order valence-electron chi connectivity index (χ0n) is 24.4. The van der Waals surface area contributed by atoms with Gasteiger partial charge in [0.2, 0.25) is 0 Å². The summed E-state index contributed by atoms with van der Waals surface area (Å²) in [6, 6.07) is 9.86. The van der Waals surface area contributed by atoms with Gasteiger partial charge < -0.3 is 29.1 Å². The van der Waals surface area contributed by atoms with E-state index in [-0.39, 0.29) is 17.4 Å². The highest BCUT2D eigenvalue weighted by Gasteiger charge is 2.46. The topological polar surface area (TPSA) is 88.5 Å². The third kappa shape index (κ3) is 7.12. The summed E-state index contributed by atoms with van der Waals surface area (Å²) in [6.07, 6.45) is 0.896. The second-order valence-electron chi connectivity index (χ2n) is 10.9. The molecule has 1 unspecified atom stereocenters. The lowest BCUT2D eigenvalue weighted by molar-refractivity contribution is -0.140. The van der Waals surface area contributed by atoms with Crippen LogP contribution in [0.1, 0.15) is 56.8 Å². The first-order valence-electron chi connectivity index (χ1n) is 13.5. The molecule has 8 heteroatoms. The molecule has 0 aliphatic carbocycles. The molecule has 0 bridgehead atoms. The first kappa shape index (κ1) is 30.0. The number of aryl methyl sites for hydroxylation is 1. The van der Waals surface area contributed by atoms with Crippen LogP contribution >= 0.6 is 0 Å². The number of amides is 1. The lowest BCUT2D eigenvalue weighted by Crippen LogP contribution is -2.35. The summed E-state index contributed by atoms with van der Waals surface area (Å²) >= 11 is 0. The third-order valence-electron chi connectivity index (χ3n) is 6.60. The van der Waals surface area contributed by atoms with E-state index in [0.29, 0.717) is 54.0 Å². The highest BCUT2D eigenvalue weighted by Crippen LogP contribution is 2.42. The first-order valence-corrected chi connectivity index (χ1v) is 13.5. The van der Waals surface area contributed by atoms with Gasteiger partial charge in [-0.05, 0) is 88.7 Å². The van der Waals surface area contributed by atoms with Crippen LogP contribution in [0, 0.1) is 12.8 Å². The molecule has 1 atom stereocenters. The molecule has 39 heavy (non-hydrogen) atoms. The molecule has 8 nitrogen and oxygen atoms in total. The number of hydrogen-bond acceptors (Lipinski definition) is 7. The zero-order chi connectivity index (χ0) is 28.9. The Morgan fingerprint density at radius 3 is 2.31 bits per heavy atom. The molecular weight excluding hydrogens is 496 g/mol. The molecule has 1 aliphatic rings. The number of likely N-dealkylation sites (N-methyl/N-ethyl adjacent to an activating group) is 1. The van der Waals surface area contributed by atoms with Crippen molar-refractivity contribution in [2.45, 2.75) is 53.2 Å². The standard InChI is InChI=1S/C31H42N2O6/c1-19(2)13-16-38-25-12-9-22(18-26(25)37-8)28-27(30(35)31(36)33(28)15-14-32(6)7)29(34)23-10-11-24(21(5)17-23)39-20(3)4/h9-12,17-20,28,34H,13-16H2,1-8H3. The maximum atomic E-state index is 13.4. The second-order valence-corrected chi connectivity index (χ2v) is 10.9. The summed E-state index contributed by atoms with van der Waals surface area (Å²) < 4.78 is 17.4. The number of Topliss-reactive ketones (excluding diaryl/α,β-unsaturated/α-hetero) is 1. The molecule has 1 aliphatic heterocycles. The van der Waals surface area contributed by atoms with Crippen molar-refractivity contribution in [3.63, 3.8) is 0 Å². The Bertz CT molecular complexity index is 1220. The molecule has 2 aromatic rings. The van der Waals surface area contributed by atoms with Gasteiger partial charge in [-0.15, -0.1) is 0 Å². The van der Waals surface area contributed by atoms with Gasteiger partial charge in [0.25, 0.3) is 11.7 Å². The Hall–Kier alpha value is -3.52. The summed E-state index contributed by atoms with van der Waals surface area (Å²) in [6.45, 7) is 11.4. The van der Waals surface area contributed by atoms with Gasteiger partial charge in [0, 0.05) is 18.7 Å². The molecule has 0 spiro atoms. The van der Waals surface area contributed by atoms with Crippen molar-refractivity contribution >= 4 is 17.4 Å². The molecule has 0 radical (unpaired) electrons. The van der Waals surface area contributed by atoms with Crippen LogP contribution in [0.4, 0.5) is 0 Å². The minimum atomic E-state index is -0.782. The van der Waals surface area contributed by atoms with Gasteiger partial charge in [-0.1, -0.05) is 19.9 Å². The van der Waals surface area contributed by atoms with Gasteiger partial charge in [-0.2, -0.15) is 0 Å². The fourth-order valence-electron chi connectivity index (χ4n) is 4.48. The largest absolute Gasteiger partial charge is 0.507 e. The van der Waals surface area contributed by atoms with Gasteiger partial charge in [-0.25, -0.2) is 0 Å². The number of nitrogens with zero attached hydrogens (tertiary/aromatic N) is 2. The molecule has 1 amide bonds. The van der Waals surface area contributed by atoms with E-state index >= 15 is 0 Å². The number of ether oxygens (including phenoxy) is 3. The number of aliphatic hydroxyl groups excluding tert-OH is 1. The van der Waals surface area contributed by atoms with Gasteiger partial charge in [-0.3, -0.25) is 9.59 Å². The lowest BCUT2D eigenvalue weighted by Gasteiger charge is -2.27. The Morgan fingerprint density at radius 1 is 1.03 bits per heavy atom. The van der Waals surface area contributed by atoms with Crippen molar-refractivity contribution in [3.8, 4) is 17.2 Å². The van der Waals surface area contributed by atoms with E-state index in [1.807, 2.05) is 45.8 Å². The summed E-state index contributed by atoms with van der Waals surface area (Å²) in [5, 5.41) is 11.5. The predicted molar refractivity (Wildman–Crippen MR) is 152 cm³/mol. The molecular formula is C31H42N2O6. The molecule has 1 N–H and O–H groups in total. The van der Waals surface area contributed by atoms with Crippen molar-refractivity contribution in [1.29, 1.82) is 0 Å². The zero-order valence-corrected chi connectivity index (χ0v) is 24.4. The van der Waals surface area contributed by atoms with Crippen LogP contribution in [0.3, 0.4) is 0 Å². The van der Waals surface area contributed by atoms with E-state index < -0.39 is 17.7 Å². The highest BCUT2D eigenvalue weighted by atomic mass is 16.5. The monoisotopic (exact) mass is 538 g/mol. The quantitative estimate of drug-likeness (QED) is 0.226. The predicted octanol–water partition coefficient (Wildman–Crippen LogP) is 5.20. The number of hydrogen-bond donors (Lipinski definition) is 1. The number of carbonyl (C=O) groups excluding carboxylic acids is 2. The van der Waals surface area contributed by atoms with Crippen molar-refractivity contribution in [3.05, 3.63) is 58.7 Å². The molecule has 0 aromatic heterocycles. The lowest BCUT2D eigenvalue weighted by atomic mass is 9.94. The van der Waals surface area contributed by atoms with Crippen LogP contribution in [-0.2, 0) is 9.59 Å². The van der Waals surface area contributed by atoms with Crippen LogP contribution in [-0.4, -0.2) is 73.6 Å². The third-order valence-corrected chi connectivity index (χ3v) is 6.60. The maximum Gasteiger partial charge on any atom is 0.295 e. The molecule has 1 heterocycles. The number of carbonyl (C=O) groups is 2. The number of rotatable bonds is 12. The minimum Gasteiger partial charge on any atom is -0.507 e. The Morgan fingerprint density at radius 2 is 1.72 bits per heavy atom. The van der Waals surface area contributed by atoms with E-state index in [1.165, 1.54) is 4.90 Å². The highest BCUT2D eigenvalue weighted by molar-refractivity contribution is 6.46. The number of benzene rings is 2. The van der Waals surface area contributed by atoms with Crippen molar-refractivity contribution in [2.24, 2.45) is 5.92 Å². The van der Waals surface area contributed by atoms with Gasteiger partial charge >= 0.3 is 0 Å². The van der Waals surface area contributed by atoms with Crippen molar-refractivity contribution in [1.82, 2.24) is 9.80 Å². The minimum absolute atomic E-state index is 0.00234. The summed E-state index contributed by atoms with van der Waals surface area (Å²) in [7, 11) is 5.37. The van der Waals surface area contributed by atoms with Crippen molar-refractivity contribution in [2.75, 3.05) is 40.9 Å². The van der Waals surface area contributed by atoms with E-state index in [0.717, 1.165) is 12.0 Å². The normalized spacial score (nSPS) is 17.0. The fourth-order valence-corrected chi connectivity index (χ4v) is 4.48. The molecule has 3 rings (SSSR count). The Balaban J connectivity index is 2.10. The summed E-state index contributed by atoms with van der Waals surface area (Å²) in [5.41, 5.74) is 1.96. The molecule has 0 saturated carbocycles. The van der Waals surface area contributed by atoms with Crippen molar-refractivity contribution < 1.29 is 28.9 Å². The first-order chi connectivity index (χ1) is 18.4. The number of likely N-dealkylation sites (tertiary alicyclic amines) is 1. The average molecular weight is 539 g/mol. The molecule has 212 valence electrons. The Kier molecular flexibility index (Phi) is 10.0. The molecule has 1 fully saturated rings. The SMILES string of the molecule is COc1cc(C2C(=C(O)c3ccc(OC(C)C)c(C)c3)C(=O)C(=O)N2CCN(C)C)ccc1OCCC(C)C. The van der Waals surface area contributed by atoms with Gasteiger partial charge in [0.1, 0.15) is 11.5 Å². The van der Waals surface area contributed by atoms with Crippen LogP contribution < -0.4 is 14.2 Å². The summed E-state index contributed by atoms with van der Waals surface area (Å²) in [5.74, 6) is 0.706. The average Bonchev–Trinajstić information content (AvgIpc) is 3.12. The van der Waals surface area contributed by atoms with Crippen LogP contribution in [0.25, 0.3) is 5.76 Å². The van der Waals surface area contributed by atoms with Crippen LogP contribution in [0.2, 0.25) is 0 Å². The van der Waals surface area contributed by atoms with Crippen LogP contribution in [0.5, 0.6) is 17.2 Å². The van der Waals surface area contributed by atoms with E-state index in [2.05, 4.69) is 13.8 Å². The summed E-state index contributed by atoms with van der Waals surface area (Å²) in [4.78, 5) is 30.1. The fraction of sp³-hybridized carbons (Fsp3) is 0.484. The molecule has 1 saturated heterocycles. The van der Waals surface area contributed by atoms with E-state index in [4.69, 9.17) is 14.2 Å². The Labute approximate surface area is 232 Å². The van der Waals surface area contributed by atoms with Crippen LogP contribution in [0.15, 0.2) is 42.0 Å². The van der Waals surface area contributed by atoms with Gasteiger partial charge in [0.15, 0.2) is 11.5 Å². The molecule has 2 aromatic carbocycles. The smallest absolute Gasteiger partial charge is 0.295 e. The maximum absolute atomic E-state index is 13.4. The van der Waals surface area contributed by atoms with E-state index in [9.17, 15) is 14.7 Å². The van der Waals surface area contributed by atoms with Gasteiger partial charge in [0.05, 0.1) is 31.4 Å². The second kappa shape index (κ2) is 13.0.